The summed E-state index contributed by atoms with van der Waals surface area (Å²) in [4.78, 5) is 44.0. The van der Waals surface area contributed by atoms with E-state index in [0.29, 0.717) is 46.0 Å². The second-order valence-corrected chi connectivity index (χ2v) is 10.6. The number of aromatic nitrogens is 2. The lowest BCUT2D eigenvalue weighted by molar-refractivity contribution is -0.121. The van der Waals surface area contributed by atoms with Crippen LogP contribution in [0.2, 0.25) is 0 Å². The van der Waals surface area contributed by atoms with Crippen molar-refractivity contribution >= 4 is 29.5 Å². The van der Waals surface area contributed by atoms with Gasteiger partial charge in [-0.1, -0.05) is 19.1 Å². The zero-order chi connectivity index (χ0) is 31.7. The van der Waals surface area contributed by atoms with E-state index >= 15 is 0 Å². The van der Waals surface area contributed by atoms with E-state index in [1.165, 1.54) is 10.8 Å². The SMILES string of the molecule is CCOc1cc(C(N)C=N)ccc1CNC(=O)Cn1c(-c2cc(N)cc(C(=O)N[C@H](C)CC)c2)cnc(NC(C)C)c1=O. The number of rotatable bonds is 14. The molecule has 2 amide bonds. The van der Waals surface area contributed by atoms with Crippen LogP contribution in [0, 0.1) is 5.41 Å². The number of nitrogens with two attached hydrogens (primary N) is 2. The first-order valence-electron chi connectivity index (χ1n) is 14.3. The van der Waals surface area contributed by atoms with Crippen LogP contribution >= 0.6 is 0 Å². The Morgan fingerprint density at radius 1 is 1.14 bits per heavy atom. The summed E-state index contributed by atoms with van der Waals surface area (Å²) in [5.41, 5.74) is 14.5. The number of hydrogen-bond donors (Lipinski definition) is 6. The largest absolute Gasteiger partial charge is 0.494 e. The Bertz CT molecular complexity index is 1520. The number of benzene rings is 2. The third kappa shape index (κ3) is 8.65. The van der Waals surface area contributed by atoms with E-state index in [0.717, 1.165) is 12.6 Å². The van der Waals surface area contributed by atoms with Crippen molar-refractivity contribution in [2.45, 2.75) is 72.3 Å². The van der Waals surface area contributed by atoms with Crippen molar-refractivity contribution in [3.05, 3.63) is 69.6 Å². The number of amides is 2. The molecule has 230 valence electrons. The summed E-state index contributed by atoms with van der Waals surface area (Å²) in [6.45, 7) is 9.71. The second kappa shape index (κ2) is 15.0. The molecule has 0 saturated carbocycles. The first-order chi connectivity index (χ1) is 20.5. The number of anilines is 2. The van der Waals surface area contributed by atoms with Crippen molar-refractivity contribution in [3.63, 3.8) is 0 Å². The van der Waals surface area contributed by atoms with Gasteiger partial charge in [-0.2, -0.15) is 0 Å². The number of nitrogen functional groups attached to an aromatic ring is 1. The molecule has 12 heteroatoms. The molecule has 0 bridgehead atoms. The zero-order valence-electron chi connectivity index (χ0n) is 25.4. The average molecular weight is 591 g/mol. The van der Waals surface area contributed by atoms with E-state index in [9.17, 15) is 14.4 Å². The summed E-state index contributed by atoms with van der Waals surface area (Å²) in [5, 5.41) is 16.2. The van der Waals surface area contributed by atoms with Crippen LogP contribution in [0.4, 0.5) is 11.5 Å². The van der Waals surface area contributed by atoms with Crippen molar-refractivity contribution in [1.82, 2.24) is 20.2 Å². The Morgan fingerprint density at radius 2 is 1.88 bits per heavy atom. The van der Waals surface area contributed by atoms with Gasteiger partial charge in [0.1, 0.15) is 12.3 Å². The highest BCUT2D eigenvalue weighted by Crippen LogP contribution is 2.25. The molecule has 0 radical (unpaired) electrons. The molecule has 43 heavy (non-hydrogen) atoms. The lowest BCUT2D eigenvalue weighted by Gasteiger charge is -2.18. The molecule has 12 nitrogen and oxygen atoms in total. The number of hydrogen-bond acceptors (Lipinski definition) is 9. The highest BCUT2D eigenvalue weighted by Gasteiger charge is 2.19. The van der Waals surface area contributed by atoms with Crippen LogP contribution in [0.25, 0.3) is 11.3 Å². The van der Waals surface area contributed by atoms with Crippen molar-refractivity contribution in [3.8, 4) is 17.0 Å². The molecule has 0 saturated heterocycles. The van der Waals surface area contributed by atoms with E-state index in [-0.39, 0.29) is 36.9 Å². The van der Waals surface area contributed by atoms with Gasteiger partial charge in [-0.3, -0.25) is 19.0 Å². The van der Waals surface area contributed by atoms with Crippen molar-refractivity contribution in [2.24, 2.45) is 5.73 Å². The lowest BCUT2D eigenvalue weighted by atomic mass is 10.0. The highest BCUT2D eigenvalue weighted by atomic mass is 16.5. The van der Waals surface area contributed by atoms with Crippen LogP contribution in [0.5, 0.6) is 5.75 Å². The Labute approximate surface area is 251 Å². The van der Waals surface area contributed by atoms with Gasteiger partial charge >= 0.3 is 0 Å². The Hall–Kier alpha value is -4.71. The van der Waals surface area contributed by atoms with E-state index < -0.39 is 17.5 Å². The maximum Gasteiger partial charge on any atom is 0.294 e. The van der Waals surface area contributed by atoms with Gasteiger partial charge in [-0.25, -0.2) is 4.98 Å². The molecule has 0 aliphatic rings. The quantitative estimate of drug-likeness (QED) is 0.122. The molecule has 3 rings (SSSR count). The molecular formula is C31H42N8O4. The molecule has 0 fully saturated rings. The smallest absolute Gasteiger partial charge is 0.294 e. The van der Waals surface area contributed by atoms with Crippen molar-refractivity contribution in [2.75, 3.05) is 17.7 Å². The molecule has 3 aromatic rings. The molecule has 0 aliphatic heterocycles. The van der Waals surface area contributed by atoms with Crippen LogP contribution in [0.15, 0.2) is 47.4 Å². The van der Waals surface area contributed by atoms with Crippen LogP contribution in [0.3, 0.4) is 0 Å². The highest BCUT2D eigenvalue weighted by molar-refractivity contribution is 5.96. The summed E-state index contributed by atoms with van der Waals surface area (Å²) in [7, 11) is 0. The van der Waals surface area contributed by atoms with Gasteiger partial charge in [0.05, 0.1) is 24.5 Å². The zero-order valence-corrected chi connectivity index (χ0v) is 25.4. The van der Waals surface area contributed by atoms with Gasteiger partial charge in [-0.05, 0) is 63.9 Å². The summed E-state index contributed by atoms with van der Waals surface area (Å²) in [5.74, 6) is -0.0719. The average Bonchev–Trinajstić information content (AvgIpc) is 2.97. The standard InChI is InChI=1S/C31H42N8O4/c1-6-19(5)38-30(41)23-10-22(11-24(33)12-23)26-16-36-29(37-18(3)4)31(42)39(26)17-28(40)35-15-21-9-8-20(25(34)14-32)13-27(21)43-7-2/h8-14,16,18-19,25,32H,6-7,15,17,33-34H2,1-5H3,(H,35,40)(H,36,37)(H,38,41)/t19-,25?/m1/s1. The summed E-state index contributed by atoms with van der Waals surface area (Å²) in [6.07, 6.45) is 3.39. The molecule has 2 atom stereocenters. The van der Waals surface area contributed by atoms with E-state index in [2.05, 4.69) is 20.9 Å². The van der Waals surface area contributed by atoms with E-state index in [1.54, 1.807) is 36.4 Å². The van der Waals surface area contributed by atoms with Gasteiger partial charge in [-0.15, -0.1) is 0 Å². The fourth-order valence-electron chi connectivity index (χ4n) is 4.29. The molecule has 8 N–H and O–H groups in total. The van der Waals surface area contributed by atoms with Crippen LogP contribution in [-0.2, 0) is 17.9 Å². The first-order valence-corrected chi connectivity index (χ1v) is 14.3. The minimum atomic E-state index is -0.567. The summed E-state index contributed by atoms with van der Waals surface area (Å²) >= 11 is 0. The van der Waals surface area contributed by atoms with Gasteiger partial charge in [0, 0.05) is 47.2 Å². The third-order valence-electron chi connectivity index (χ3n) is 6.72. The normalized spacial score (nSPS) is 12.3. The lowest BCUT2D eigenvalue weighted by Crippen LogP contribution is -2.35. The second-order valence-electron chi connectivity index (χ2n) is 10.6. The van der Waals surface area contributed by atoms with Gasteiger partial charge in [0.2, 0.25) is 5.91 Å². The van der Waals surface area contributed by atoms with Crippen molar-refractivity contribution in [1.29, 1.82) is 5.41 Å². The minimum Gasteiger partial charge on any atom is -0.494 e. The maximum atomic E-state index is 13.6. The number of ether oxygens (including phenoxy) is 1. The van der Waals surface area contributed by atoms with Crippen LogP contribution < -0.4 is 37.7 Å². The van der Waals surface area contributed by atoms with Crippen LogP contribution in [-0.4, -0.2) is 46.3 Å². The van der Waals surface area contributed by atoms with Crippen molar-refractivity contribution < 1.29 is 14.3 Å². The number of carbonyl (C=O) groups excluding carboxylic acids is 2. The number of carbonyl (C=O) groups is 2. The summed E-state index contributed by atoms with van der Waals surface area (Å²) < 4.78 is 7.06. The Balaban J connectivity index is 1.95. The molecule has 1 unspecified atom stereocenters. The molecular weight excluding hydrogens is 548 g/mol. The van der Waals surface area contributed by atoms with Gasteiger partial charge < -0.3 is 37.6 Å². The van der Waals surface area contributed by atoms with E-state index in [4.69, 9.17) is 21.6 Å². The first kappa shape index (κ1) is 32.8. The monoisotopic (exact) mass is 590 g/mol. The fraction of sp³-hybridized carbons (Fsp3) is 0.387. The maximum absolute atomic E-state index is 13.6. The Kier molecular flexibility index (Phi) is 11.4. The van der Waals surface area contributed by atoms with Gasteiger partial charge in [0.25, 0.3) is 11.5 Å². The minimum absolute atomic E-state index is 0.0329. The fourth-order valence-corrected chi connectivity index (χ4v) is 4.29. The molecule has 1 aromatic heterocycles. The van der Waals surface area contributed by atoms with E-state index in [1.807, 2.05) is 34.6 Å². The summed E-state index contributed by atoms with van der Waals surface area (Å²) in [6, 6.07) is 9.48. The predicted molar refractivity (Wildman–Crippen MR) is 169 cm³/mol. The number of nitrogens with one attached hydrogen (secondary N) is 4. The molecule has 0 spiro atoms. The topological polar surface area (TPSA) is 190 Å². The third-order valence-corrected chi connectivity index (χ3v) is 6.72. The predicted octanol–water partition coefficient (Wildman–Crippen LogP) is 3.21. The van der Waals surface area contributed by atoms with Crippen LogP contribution in [0.1, 0.15) is 68.6 Å². The Morgan fingerprint density at radius 3 is 2.53 bits per heavy atom. The molecule has 2 aromatic carbocycles. The molecule has 0 aliphatic carbocycles. The van der Waals surface area contributed by atoms with Gasteiger partial charge in [0.15, 0.2) is 5.82 Å². The number of nitrogens with zero attached hydrogens (tertiary/aromatic N) is 2. The molecule has 1 heterocycles.